The Morgan fingerprint density at radius 3 is 2.75 bits per heavy atom. The molecule has 106 valence electrons. The number of amides is 1. The Kier molecular flexibility index (Phi) is 4.76. The lowest BCUT2D eigenvalue weighted by molar-refractivity contribution is -0.122. The molecule has 1 heterocycles. The molecule has 1 aromatic carbocycles. The predicted octanol–water partition coefficient (Wildman–Crippen LogP) is 2.77. The molecule has 5 heteroatoms. The molecule has 0 spiro atoms. The standard InChI is InChI=1S/C15H19N3O2/c1-3-11-10-16-18-14(11)17-15(19)13(4-2)20-12-8-6-5-7-9-12/h5-10,13H,3-4H2,1-2H3,(H2,16,17,18,19). The van der Waals surface area contributed by atoms with E-state index in [9.17, 15) is 4.79 Å². The van der Waals surface area contributed by atoms with Crippen LogP contribution in [0, 0.1) is 0 Å². The molecule has 1 amide bonds. The van der Waals surface area contributed by atoms with Gasteiger partial charge >= 0.3 is 0 Å². The molecule has 0 bridgehead atoms. The zero-order valence-corrected chi connectivity index (χ0v) is 11.7. The second-order valence-corrected chi connectivity index (χ2v) is 4.44. The fourth-order valence-corrected chi connectivity index (χ4v) is 1.88. The van der Waals surface area contributed by atoms with Crippen molar-refractivity contribution in [3.63, 3.8) is 0 Å². The van der Waals surface area contributed by atoms with Crippen LogP contribution in [0.1, 0.15) is 25.8 Å². The van der Waals surface area contributed by atoms with E-state index in [0.29, 0.717) is 18.0 Å². The minimum Gasteiger partial charge on any atom is -0.481 e. The van der Waals surface area contributed by atoms with E-state index in [4.69, 9.17) is 4.74 Å². The normalized spacial score (nSPS) is 11.9. The van der Waals surface area contributed by atoms with E-state index in [0.717, 1.165) is 12.0 Å². The number of benzene rings is 1. The number of nitrogens with one attached hydrogen (secondary N) is 2. The largest absolute Gasteiger partial charge is 0.481 e. The number of hydrogen-bond donors (Lipinski definition) is 2. The van der Waals surface area contributed by atoms with Gasteiger partial charge in [-0.25, -0.2) is 0 Å². The smallest absolute Gasteiger partial charge is 0.266 e. The highest BCUT2D eigenvalue weighted by molar-refractivity contribution is 5.94. The summed E-state index contributed by atoms with van der Waals surface area (Å²) in [4.78, 5) is 12.2. The van der Waals surface area contributed by atoms with Gasteiger partial charge in [-0.05, 0) is 25.0 Å². The van der Waals surface area contributed by atoms with Gasteiger partial charge in [0.05, 0.1) is 6.20 Å². The molecule has 0 saturated carbocycles. The highest BCUT2D eigenvalue weighted by Gasteiger charge is 2.19. The zero-order valence-electron chi connectivity index (χ0n) is 11.7. The van der Waals surface area contributed by atoms with Crippen molar-refractivity contribution in [2.45, 2.75) is 32.8 Å². The first-order chi connectivity index (χ1) is 9.74. The topological polar surface area (TPSA) is 67.0 Å². The molecule has 1 unspecified atom stereocenters. The van der Waals surface area contributed by atoms with Gasteiger partial charge in [-0.2, -0.15) is 5.10 Å². The highest BCUT2D eigenvalue weighted by atomic mass is 16.5. The molecule has 1 aromatic heterocycles. The molecule has 0 saturated heterocycles. The van der Waals surface area contributed by atoms with Crippen LogP contribution in [0.5, 0.6) is 5.75 Å². The molecule has 1 atom stereocenters. The number of aromatic nitrogens is 2. The minimum absolute atomic E-state index is 0.171. The molecule has 2 aromatic rings. The van der Waals surface area contributed by atoms with Crippen molar-refractivity contribution in [1.82, 2.24) is 10.2 Å². The van der Waals surface area contributed by atoms with Crippen molar-refractivity contribution in [2.75, 3.05) is 5.32 Å². The molecule has 0 radical (unpaired) electrons. The lowest BCUT2D eigenvalue weighted by atomic mass is 10.2. The van der Waals surface area contributed by atoms with Crippen LogP contribution in [-0.2, 0) is 11.2 Å². The SMILES string of the molecule is CCc1cn[nH]c1NC(=O)C(CC)Oc1ccccc1. The number of anilines is 1. The summed E-state index contributed by atoms with van der Waals surface area (Å²) in [5.41, 5.74) is 0.980. The van der Waals surface area contributed by atoms with Crippen molar-refractivity contribution in [3.05, 3.63) is 42.1 Å². The first-order valence-corrected chi connectivity index (χ1v) is 6.79. The number of aromatic amines is 1. The third-order valence-electron chi connectivity index (χ3n) is 3.03. The maximum Gasteiger partial charge on any atom is 0.266 e. The number of rotatable bonds is 6. The van der Waals surface area contributed by atoms with Gasteiger partial charge in [0.25, 0.3) is 5.91 Å². The Balaban J connectivity index is 2.02. The number of carbonyl (C=O) groups is 1. The fourth-order valence-electron chi connectivity index (χ4n) is 1.88. The van der Waals surface area contributed by atoms with E-state index in [2.05, 4.69) is 15.5 Å². The van der Waals surface area contributed by atoms with Crippen molar-refractivity contribution < 1.29 is 9.53 Å². The zero-order chi connectivity index (χ0) is 14.4. The summed E-state index contributed by atoms with van der Waals surface area (Å²) >= 11 is 0. The summed E-state index contributed by atoms with van der Waals surface area (Å²) in [5, 5.41) is 9.56. The van der Waals surface area contributed by atoms with E-state index in [1.165, 1.54) is 0 Å². The van der Waals surface area contributed by atoms with E-state index in [1.807, 2.05) is 44.2 Å². The van der Waals surface area contributed by atoms with E-state index in [1.54, 1.807) is 6.20 Å². The first-order valence-electron chi connectivity index (χ1n) is 6.79. The van der Waals surface area contributed by atoms with Gasteiger partial charge in [-0.1, -0.05) is 32.0 Å². The number of carbonyl (C=O) groups excluding carboxylic acids is 1. The quantitative estimate of drug-likeness (QED) is 0.850. The van der Waals surface area contributed by atoms with Gasteiger partial charge in [0.2, 0.25) is 0 Å². The molecule has 2 N–H and O–H groups in total. The second-order valence-electron chi connectivity index (χ2n) is 4.44. The third-order valence-corrected chi connectivity index (χ3v) is 3.03. The molecule has 5 nitrogen and oxygen atoms in total. The van der Waals surface area contributed by atoms with Crippen LogP contribution < -0.4 is 10.1 Å². The Morgan fingerprint density at radius 2 is 2.10 bits per heavy atom. The lowest BCUT2D eigenvalue weighted by Gasteiger charge is -2.17. The number of nitrogens with zero attached hydrogens (tertiary/aromatic N) is 1. The van der Waals surface area contributed by atoms with Gasteiger partial charge < -0.3 is 10.1 Å². The average Bonchev–Trinajstić information content (AvgIpc) is 2.92. The fraction of sp³-hybridized carbons (Fsp3) is 0.333. The van der Waals surface area contributed by atoms with Gasteiger partial charge in [0, 0.05) is 5.56 Å². The van der Waals surface area contributed by atoms with Crippen molar-refractivity contribution in [3.8, 4) is 5.75 Å². The van der Waals surface area contributed by atoms with E-state index in [-0.39, 0.29) is 5.91 Å². The molecule has 20 heavy (non-hydrogen) atoms. The number of para-hydroxylation sites is 1. The van der Waals surface area contributed by atoms with Gasteiger partial charge in [0.15, 0.2) is 6.10 Å². The number of hydrogen-bond acceptors (Lipinski definition) is 3. The van der Waals surface area contributed by atoms with E-state index >= 15 is 0 Å². The van der Waals surface area contributed by atoms with Crippen LogP contribution in [0.3, 0.4) is 0 Å². The molecule has 0 aliphatic carbocycles. The van der Waals surface area contributed by atoms with E-state index < -0.39 is 6.10 Å². The Bertz CT molecular complexity index is 551. The maximum atomic E-state index is 12.2. The van der Waals surface area contributed by atoms with Crippen LogP contribution in [0.2, 0.25) is 0 Å². The third kappa shape index (κ3) is 3.38. The van der Waals surface area contributed by atoms with Crippen molar-refractivity contribution >= 4 is 11.7 Å². The summed E-state index contributed by atoms with van der Waals surface area (Å²) in [7, 11) is 0. The van der Waals surface area contributed by atoms with Crippen LogP contribution in [0.25, 0.3) is 0 Å². The molecule has 0 fully saturated rings. The Morgan fingerprint density at radius 1 is 1.35 bits per heavy atom. The average molecular weight is 273 g/mol. The second kappa shape index (κ2) is 6.75. The number of H-pyrrole nitrogens is 1. The van der Waals surface area contributed by atoms with Crippen LogP contribution in [-0.4, -0.2) is 22.2 Å². The van der Waals surface area contributed by atoms with Crippen LogP contribution in [0.4, 0.5) is 5.82 Å². The molecule has 0 aliphatic heterocycles. The lowest BCUT2D eigenvalue weighted by Crippen LogP contribution is -2.32. The molecule has 0 aliphatic rings. The summed E-state index contributed by atoms with van der Waals surface area (Å²) in [6, 6.07) is 9.34. The summed E-state index contributed by atoms with van der Waals surface area (Å²) in [5.74, 6) is 1.16. The monoisotopic (exact) mass is 273 g/mol. The van der Waals surface area contributed by atoms with Crippen molar-refractivity contribution in [1.29, 1.82) is 0 Å². The Labute approximate surface area is 118 Å². The molecular weight excluding hydrogens is 254 g/mol. The Hall–Kier alpha value is -2.30. The number of aryl methyl sites for hydroxylation is 1. The maximum absolute atomic E-state index is 12.2. The summed E-state index contributed by atoms with van der Waals surface area (Å²) in [6.45, 7) is 3.93. The summed E-state index contributed by atoms with van der Waals surface area (Å²) < 4.78 is 5.70. The number of ether oxygens (including phenoxy) is 1. The van der Waals surface area contributed by atoms with Gasteiger partial charge in [-0.3, -0.25) is 9.89 Å². The summed E-state index contributed by atoms with van der Waals surface area (Å²) in [6.07, 6.45) is 2.60. The highest BCUT2D eigenvalue weighted by Crippen LogP contribution is 2.15. The van der Waals surface area contributed by atoms with Gasteiger partial charge in [0.1, 0.15) is 11.6 Å². The predicted molar refractivity (Wildman–Crippen MR) is 77.7 cm³/mol. The van der Waals surface area contributed by atoms with Crippen LogP contribution >= 0.6 is 0 Å². The van der Waals surface area contributed by atoms with Crippen molar-refractivity contribution in [2.24, 2.45) is 0 Å². The molecular formula is C15H19N3O2. The minimum atomic E-state index is -0.523. The van der Waals surface area contributed by atoms with Crippen LogP contribution in [0.15, 0.2) is 36.5 Å². The first kappa shape index (κ1) is 14.1. The molecule has 2 rings (SSSR count). The van der Waals surface area contributed by atoms with Gasteiger partial charge in [-0.15, -0.1) is 0 Å².